The molecule has 0 fully saturated rings. The molecule has 0 saturated carbocycles. The summed E-state index contributed by atoms with van der Waals surface area (Å²) in [6.45, 7) is 1.50. The zero-order valence-corrected chi connectivity index (χ0v) is 15.4. The first kappa shape index (κ1) is 17.4. The number of fused-ring (bicyclic) bond motifs is 1. The first-order valence-corrected chi connectivity index (χ1v) is 8.71. The highest BCUT2D eigenvalue weighted by Crippen LogP contribution is 2.33. The van der Waals surface area contributed by atoms with Crippen molar-refractivity contribution in [3.8, 4) is 11.5 Å². The van der Waals surface area contributed by atoms with Crippen molar-refractivity contribution in [1.82, 2.24) is 5.32 Å². The van der Waals surface area contributed by atoms with Gasteiger partial charge in [-0.25, -0.2) is 0 Å². The third-order valence-corrected chi connectivity index (χ3v) is 4.55. The van der Waals surface area contributed by atoms with Gasteiger partial charge in [0.25, 0.3) is 0 Å². The minimum atomic E-state index is 0.630. The van der Waals surface area contributed by atoms with Crippen LogP contribution in [0, 0.1) is 0 Å². The molecule has 3 rings (SSSR count). The molecule has 0 amide bonds. The fourth-order valence-corrected chi connectivity index (χ4v) is 3.16. The largest absolute Gasteiger partial charge is 0.493 e. The number of hydrogen-bond acceptors (Lipinski definition) is 4. The molecular formula is C20H22N2O2S. The Morgan fingerprint density at radius 3 is 2.56 bits per heavy atom. The SMILES string of the molecule is COc1cc2c(cc1OC)C(CC(=S)NCc1ccccc1)=NCC2. The van der Waals surface area contributed by atoms with Gasteiger partial charge in [0.05, 0.1) is 19.2 Å². The number of rotatable bonds is 6. The van der Waals surface area contributed by atoms with Crippen LogP contribution in [0.5, 0.6) is 11.5 Å². The summed E-state index contributed by atoms with van der Waals surface area (Å²) < 4.78 is 10.8. The number of ether oxygens (including phenoxy) is 2. The number of methoxy groups -OCH3 is 2. The number of aliphatic imine (C=N–C) groups is 1. The van der Waals surface area contributed by atoms with E-state index in [0.29, 0.717) is 6.42 Å². The van der Waals surface area contributed by atoms with Crippen LogP contribution in [0.15, 0.2) is 47.5 Å². The van der Waals surface area contributed by atoms with Crippen LogP contribution in [0.3, 0.4) is 0 Å². The highest BCUT2D eigenvalue weighted by Gasteiger charge is 2.19. The summed E-state index contributed by atoms with van der Waals surface area (Å²) in [4.78, 5) is 5.49. The summed E-state index contributed by atoms with van der Waals surface area (Å²) >= 11 is 5.53. The van der Waals surface area contributed by atoms with Crippen molar-refractivity contribution < 1.29 is 9.47 Å². The standard InChI is InChI=1S/C20H22N2O2S/c1-23-18-10-15-8-9-21-17(16(15)11-19(18)24-2)12-20(25)22-13-14-6-4-3-5-7-14/h3-7,10-11H,8-9,12-13H2,1-2H3,(H,22,25). The van der Waals surface area contributed by atoms with Crippen LogP contribution in [-0.2, 0) is 13.0 Å². The molecule has 0 spiro atoms. The molecule has 2 aromatic carbocycles. The van der Waals surface area contributed by atoms with Crippen LogP contribution < -0.4 is 14.8 Å². The molecule has 1 heterocycles. The fraction of sp³-hybridized carbons (Fsp3) is 0.300. The van der Waals surface area contributed by atoms with Crippen LogP contribution in [0.25, 0.3) is 0 Å². The molecule has 0 unspecified atom stereocenters. The first-order chi connectivity index (χ1) is 12.2. The second-order valence-electron chi connectivity index (χ2n) is 5.88. The molecule has 0 bridgehead atoms. The molecule has 5 heteroatoms. The Bertz CT molecular complexity index is 788. The molecule has 0 radical (unpaired) electrons. The average Bonchev–Trinajstić information content (AvgIpc) is 2.66. The molecule has 1 N–H and O–H groups in total. The lowest BCUT2D eigenvalue weighted by molar-refractivity contribution is 0.354. The van der Waals surface area contributed by atoms with Gasteiger partial charge in [-0.3, -0.25) is 4.99 Å². The molecule has 4 nitrogen and oxygen atoms in total. The second kappa shape index (κ2) is 8.12. The van der Waals surface area contributed by atoms with E-state index >= 15 is 0 Å². The van der Waals surface area contributed by atoms with E-state index in [0.717, 1.165) is 47.3 Å². The average molecular weight is 354 g/mol. The van der Waals surface area contributed by atoms with E-state index < -0.39 is 0 Å². The van der Waals surface area contributed by atoms with E-state index in [9.17, 15) is 0 Å². The van der Waals surface area contributed by atoms with Gasteiger partial charge in [0.1, 0.15) is 0 Å². The molecule has 0 saturated heterocycles. The van der Waals surface area contributed by atoms with E-state index in [4.69, 9.17) is 21.7 Å². The molecule has 1 aliphatic rings. The van der Waals surface area contributed by atoms with Crippen molar-refractivity contribution in [2.75, 3.05) is 20.8 Å². The number of nitrogens with zero attached hydrogens (tertiary/aromatic N) is 1. The highest BCUT2D eigenvalue weighted by atomic mass is 32.1. The lowest BCUT2D eigenvalue weighted by atomic mass is 9.95. The third-order valence-electron chi connectivity index (χ3n) is 4.26. The monoisotopic (exact) mass is 354 g/mol. The zero-order valence-electron chi connectivity index (χ0n) is 14.5. The molecule has 130 valence electrons. The topological polar surface area (TPSA) is 42.9 Å². The molecule has 2 aromatic rings. The lowest BCUT2D eigenvalue weighted by Crippen LogP contribution is -2.25. The first-order valence-electron chi connectivity index (χ1n) is 8.30. The molecule has 0 atom stereocenters. The van der Waals surface area contributed by atoms with E-state index in [1.807, 2.05) is 30.3 Å². The van der Waals surface area contributed by atoms with Gasteiger partial charge < -0.3 is 14.8 Å². The lowest BCUT2D eigenvalue weighted by Gasteiger charge is -2.20. The van der Waals surface area contributed by atoms with Gasteiger partial charge in [0.2, 0.25) is 0 Å². The third kappa shape index (κ3) is 4.17. The Balaban J connectivity index is 1.71. The summed E-state index contributed by atoms with van der Waals surface area (Å²) in [6.07, 6.45) is 1.54. The summed E-state index contributed by atoms with van der Waals surface area (Å²) in [6, 6.07) is 14.3. The summed E-state index contributed by atoms with van der Waals surface area (Å²) in [5.41, 5.74) is 4.55. The smallest absolute Gasteiger partial charge is 0.161 e. The van der Waals surface area contributed by atoms with Crippen molar-refractivity contribution in [2.24, 2.45) is 4.99 Å². The summed E-state index contributed by atoms with van der Waals surface area (Å²) in [7, 11) is 3.31. The normalized spacial score (nSPS) is 12.8. The Labute approximate surface area is 153 Å². The molecule has 0 aromatic heterocycles. The van der Waals surface area contributed by atoms with Crippen molar-refractivity contribution in [3.05, 3.63) is 59.2 Å². The van der Waals surface area contributed by atoms with Crippen LogP contribution in [-0.4, -0.2) is 31.5 Å². The van der Waals surface area contributed by atoms with Gasteiger partial charge in [-0.15, -0.1) is 0 Å². The van der Waals surface area contributed by atoms with Crippen LogP contribution in [0.1, 0.15) is 23.1 Å². The van der Waals surface area contributed by atoms with Gasteiger partial charge in [-0.05, 0) is 29.7 Å². The van der Waals surface area contributed by atoms with Crippen molar-refractivity contribution >= 4 is 22.9 Å². The van der Waals surface area contributed by atoms with Gasteiger partial charge in [0, 0.05) is 30.8 Å². The Morgan fingerprint density at radius 1 is 1.12 bits per heavy atom. The van der Waals surface area contributed by atoms with Crippen molar-refractivity contribution in [3.63, 3.8) is 0 Å². The van der Waals surface area contributed by atoms with Gasteiger partial charge in [-0.2, -0.15) is 0 Å². The fourth-order valence-electron chi connectivity index (χ4n) is 2.96. The number of thiocarbonyl (C=S) groups is 1. The predicted molar refractivity (Wildman–Crippen MR) is 105 cm³/mol. The Morgan fingerprint density at radius 2 is 1.84 bits per heavy atom. The maximum atomic E-state index is 5.53. The summed E-state index contributed by atoms with van der Waals surface area (Å²) in [5.74, 6) is 1.48. The maximum Gasteiger partial charge on any atom is 0.161 e. The molecule has 25 heavy (non-hydrogen) atoms. The minimum Gasteiger partial charge on any atom is -0.493 e. The molecular weight excluding hydrogens is 332 g/mol. The van der Waals surface area contributed by atoms with Gasteiger partial charge in [-0.1, -0.05) is 42.5 Å². The number of hydrogen-bond donors (Lipinski definition) is 1. The predicted octanol–water partition coefficient (Wildman–Crippen LogP) is 3.56. The zero-order chi connectivity index (χ0) is 17.6. The van der Waals surface area contributed by atoms with E-state index in [1.54, 1.807) is 14.2 Å². The second-order valence-corrected chi connectivity index (χ2v) is 6.37. The highest BCUT2D eigenvalue weighted by molar-refractivity contribution is 7.80. The Kier molecular flexibility index (Phi) is 5.66. The van der Waals surface area contributed by atoms with Crippen molar-refractivity contribution in [1.29, 1.82) is 0 Å². The van der Waals surface area contributed by atoms with Gasteiger partial charge in [0.15, 0.2) is 11.5 Å². The van der Waals surface area contributed by atoms with Crippen LogP contribution >= 0.6 is 12.2 Å². The van der Waals surface area contributed by atoms with E-state index in [1.165, 1.54) is 11.1 Å². The minimum absolute atomic E-state index is 0.630. The van der Waals surface area contributed by atoms with E-state index in [-0.39, 0.29) is 0 Å². The van der Waals surface area contributed by atoms with Gasteiger partial charge >= 0.3 is 0 Å². The van der Waals surface area contributed by atoms with Crippen LogP contribution in [0.4, 0.5) is 0 Å². The Hall–Kier alpha value is -2.40. The molecule has 0 aliphatic carbocycles. The van der Waals surface area contributed by atoms with E-state index in [2.05, 4.69) is 22.4 Å². The summed E-state index contributed by atoms with van der Waals surface area (Å²) in [5, 5.41) is 3.32. The maximum absolute atomic E-state index is 5.53. The molecule has 1 aliphatic heterocycles. The van der Waals surface area contributed by atoms with Crippen molar-refractivity contribution in [2.45, 2.75) is 19.4 Å². The number of nitrogens with one attached hydrogen (secondary N) is 1. The van der Waals surface area contributed by atoms with Crippen LogP contribution in [0.2, 0.25) is 0 Å². The number of benzene rings is 2. The quantitative estimate of drug-likeness (QED) is 0.806.